The van der Waals surface area contributed by atoms with Crippen LogP contribution in [0.4, 0.5) is 4.79 Å². The number of nitrogens with two attached hydrogens (primary N) is 1. The van der Waals surface area contributed by atoms with Crippen LogP contribution in [-0.2, 0) is 16.1 Å². The van der Waals surface area contributed by atoms with E-state index in [1.54, 1.807) is 18.9 Å². The number of methoxy groups -OCH3 is 1. The van der Waals surface area contributed by atoms with Gasteiger partial charge in [-0.25, -0.2) is 9.79 Å². The number of nitrogens with zero attached hydrogens (tertiary/aromatic N) is 2. The van der Waals surface area contributed by atoms with Crippen LogP contribution in [-0.4, -0.2) is 62.3 Å². The Morgan fingerprint density at radius 1 is 1.25 bits per heavy atom. The summed E-state index contributed by atoms with van der Waals surface area (Å²) < 4.78 is 10.1. The van der Waals surface area contributed by atoms with Crippen molar-refractivity contribution < 1.29 is 19.1 Å². The van der Waals surface area contributed by atoms with Gasteiger partial charge in [0.05, 0.1) is 13.7 Å². The van der Waals surface area contributed by atoms with Crippen molar-refractivity contribution in [3.8, 4) is 5.75 Å². The molecule has 0 saturated carbocycles. The van der Waals surface area contributed by atoms with Gasteiger partial charge in [0, 0.05) is 25.7 Å². The summed E-state index contributed by atoms with van der Waals surface area (Å²) in [7, 11) is 1.61. The molecule has 0 atom stereocenters. The van der Waals surface area contributed by atoms with Crippen LogP contribution in [0.25, 0.3) is 0 Å². The topological polar surface area (TPSA) is 118 Å². The molecule has 1 aromatic carbocycles. The van der Waals surface area contributed by atoms with Gasteiger partial charge < -0.3 is 30.7 Å². The predicted molar refractivity (Wildman–Crippen MR) is 106 cm³/mol. The summed E-state index contributed by atoms with van der Waals surface area (Å²) >= 11 is 0. The van der Waals surface area contributed by atoms with E-state index in [9.17, 15) is 9.59 Å². The molecule has 1 saturated heterocycles. The molecule has 1 aliphatic heterocycles. The molecule has 1 aromatic rings. The van der Waals surface area contributed by atoms with Crippen LogP contribution in [0.2, 0.25) is 0 Å². The van der Waals surface area contributed by atoms with Gasteiger partial charge in [0.1, 0.15) is 12.3 Å². The average Bonchev–Trinajstić information content (AvgIpc) is 2.71. The van der Waals surface area contributed by atoms with Gasteiger partial charge in [0.2, 0.25) is 5.91 Å². The van der Waals surface area contributed by atoms with E-state index in [2.05, 4.69) is 15.6 Å². The molecule has 2 amide bonds. The fourth-order valence-corrected chi connectivity index (χ4v) is 2.83. The molecule has 154 valence electrons. The first-order valence-corrected chi connectivity index (χ1v) is 9.39. The summed E-state index contributed by atoms with van der Waals surface area (Å²) in [5, 5.41) is 5.90. The summed E-state index contributed by atoms with van der Waals surface area (Å²) in [4.78, 5) is 29.4. The number of hydrogen-bond acceptors (Lipinski definition) is 5. The maximum atomic E-state index is 11.9. The lowest BCUT2D eigenvalue weighted by Gasteiger charge is -2.31. The van der Waals surface area contributed by atoms with Gasteiger partial charge in [-0.05, 0) is 37.5 Å². The Labute approximate surface area is 165 Å². The van der Waals surface area contributed by atoms with Crippen molar-refractivity contribution in [2.24, 2.45) is 10.7 Å². The number of nitrogens with one attached hydrogen (secondary N) is 2. The Morgan fingerprint density at radius 2 is 1.93 bits per heavy atom. The van der Waals surface area contributed by atoms with Crippen LogP contribution in [0.1, 0.15) is 25.3 Å². The second-order valence-corrected chi connectivity index (χ2v) is 6.43. The van der Waals surface area contributed by atoms with Crippen molar-refractivity contribution in [3.63, 3.8) is 0 Å². The normalized spacial score (nSPS) is 15.1. The monoisotopic (exact) mass is 391 g/mol. The Morgan fingerprint density at radius 3 is 2.54 bits per heavy atom. The molecule has 0 radical (unpaired) electrons. The van der Waals surface area contributed by atoms with Crippen LogP contribution in [0.3, 0.4) is 0 Å². The van der Waals surface area contributed by atoms with Crippen LogP contribution >= 0.6 is 0 Å². The quantitative estimate of drug-likeness (QED) is 0.468. The maximum Gasteiger partial charge on any atom is 0.409 e. The second-order valence-electron chi connectivity index (χ2n) is 6.43. The number of hydrogen-bond donors (Lipinski definition) is 3. The minimum absolute atomic E-state index is 0.0450. The summed E-state index contributed by atoms with van der Waals surface area (Å²) in [5.41, 5.74) is 6.84. The van der Waals surface area contributed by atoms with Gasteiger partial charge in [-0.2, -0.15) is 0 Å². The number of carbonyl (C=O) groups excluding carboxylic acids is 2. The number of rotatable bonds is 7. The van der Waals surface area contributed by atoms with Crippen LogP contribution in [0.15, 0.2) is 29.3 Å². The number of likely N-dealkylation sites (tertiary alicyclic amines) is 1. The molecule has 1 fully saturated rings. The third kappa shape index (κ3) is 6.98. The molecule has 0 bridgehead atoms. The zero-order chi connectivity index (χ0) is 20.4. The zero-order valence-electron chi connectivity index (χ0n) is 16.4. The lowest BCUT2D eigenvalue weighted by molar-refractivity contribution is -0.119. The SMILES string of the molecule is CCOC(=O)N1CCC(NC(N)=NCC(=O)NCc2ccc(OC)cc2)CC1. The summed E-state index contributed by atoms with van der Waals surface area (Å²) in [5.74, 6) is 0.790. The fourth-order valence-electron chi connectivity index (χ4n) is 2.83. The smallest absolute Gasteiger partial charge is 0.409 e. The van der Waals surface area contributed by atoms with E-state index in [1.165, 1.54) is 0 Å². The van der Waals surface area contributed by atoms with E-state index in [0.29, 0.717) is 26.2 Å². The molecule has 9 nitrogen and oxygen atoms in total. The molecule has 1 heterocycles. The molecule has 2 rings (SSSR count). The molecule has 4 N–H and O–H groups in total. The number of guanidine groups is 1. The molecule has 28 heavy (non-hydrogen) atoms. The van der Waals surface area contributed by atoms with Crippen molar-refractivity contribution in [2.75, 3.05) is 33.4 Å². The van der Waals surface area contributed by atoms with Crippen LogP contribution < -0.4 is 21.1 Å². The Balaban J connectivity index is 1.67. The summed E-state index contributed by atoms with van der Waals surface area (Å²) in [6.07, 6.45) is 1.22. The second kappa shape index (κ2) is 11.0. The first-order valence-electron chi connectivity index (χ1n) is 9.39. The van der Waals surface area contributed by atoms with Gasteiger partial charge >= 0.3 is 6.09 Å². The van der Waals surface area contributed by atoms with E-state index in [-0.39, 0.29) is 30.5 Å². The number of carbonyl (C=O) groups is 2. The Hall–Kier alpha value is -2.97. The van der Waals surface area contributed by atoms with E-state index in [4.69, 9.17) is 15.2 Å². The Kier molecular flexibility index (Phi) is 8.38. The first-order chi connectivity index (χ1) is 13.5. The lowest BCUT2D eigenvalue weighted by Crippen LogP contribution is -2.48. The fraction of sp³-hybridized carbons (Fsp3) is 0.526. The third-order valence-corrected chi connectivity index (χ3v) is 4.41. The van der Waals surface area contributed by atoms with Gasteiger partial charge in [0.25, 0.3) is 0 Å². The largest absolute Gasteiger partial charge is 0.497 e. The van der Waals surface area contributed by atoms with Crippen LogP contribution in [0, 0.1) is 0 Å². The van der Waals surface area contributed by atoms with Gasteiger partial charge in [-0.1, -0.05) is 12.1 Å². The van der Waals surface area contributed by atoms with E-state index in [0.717, 1.165) is 24.2 Å². The molecular formula is C19H29N5O4. The number of amides is 2. The third-order valence-electron chi connectivity index (χ3n) is 4.41. The summed E-state index contributed by atoms with van der Waals surface area (Å²) in [6.45, 7) is 3.74. The molecule has 0 unspecified atom stereocenters. The number of ether oxygens (including phenoxy) is 2. The first kappa shape index (κ1) is 21.3. The number of benzene rings is 1. The molecule has 0 aromatic heterocycles. The molecule has 0 aliphatic carbocycles. The molecule has 1 aliphatic rings. The Bertz CT molecular complexity index is 669. The zero-order valence-corrected chi connectivity index (χ0v) is 16.4. The molecule has 9 heteroatoms. The highest BCUT2D eigenvalue weighted by atomic mass is 16.6. The highest BCUT2D eigenvalue weighted by Crippen LogP contribution is 2.12. The minimum Gasteiger partial charge on any atom is -0.497 e. The van der Waals surface area contributed by atoms with E-state index >= 15 is 0 Å². The van der Waals surface area contributed by atoms with Crippen molar-refractivity contribution >= 4 is 18.0 Å². The maximum absolute atomic E-state index is 11.9. The molecular weight excluding hydrogens is 362 g/mol. The van der Waals surface area contributed by atoms with Crippen molar-refractivity contribution in [2.45, 2.75) is 32.4 Å². The van der Waals surface area contributed by atoms with Gasteiger partial charge in [0.15, 0.2) is 5.96 Å². The minimum atomic E-state index is -0.281. The number of piperidine rings is 1. The molecule has 0 spiro atoms. The standard InChI is InChI=1S/C19H29N5O4/c1-3-28-19(26)24-10-8-15(9-11-24)23-18(20)22-13-17(25)21-12-14-4-6-16(27-2)7-5-14/h4-7,15H,3,8-13H2,1-2H3,(H,21,25)(H3,20,22,23). The number of aliphatic imine (C=N–C) groups is 1. The van der Waals surface area contributed by atoms with Gasteiger partial charge in [-0.3, -0.25) is 4.79 Å². The summed E-state index contributed by atoms with van der Waals surface area (Å²) in [6, 6.07) is 7.59. The van der Waals surface area contributed by atoms with Gasteiger partial charge in [-0.15, -0.1) is 0 Å². The van der Waals surface area contributed by atoms with Crippen molar-refractivity contribution in [3.05, 3.63) is 29.8 Å². The average molecular weight is 391 g/mol. The van der Waals surface area contributed by atoms with E-state index in [1.807, 2.05) is 24.3 Å². The van der Waals surface area contributed by atoms with Crippen molar-refractivity contribution in [1.82, 2.24) is 15.5 Å². The predicted octanol–water partition coefficient (Wildman–Crippen LogP) is 0.837. The van der Waals surface area contributed by atoms with Crippen LogP contribution in [0.5, 0.6) is 5.75 Å². The lowest BCUT2D eigenvalue weighted by atomic mass is 10.1. The van der Waals surface area contributed by atoms with E-state index < -0.39 is 0 Å². The highest BCUT2D eigenvalue weighted by molar-refractivity contribution is 5.84. The highest BCUT2D eigenvalue weighted by Gasteiger charge is 2.23. The van der Waals surface area contributed by atoms with Crippen molar-refractivity contribution in [1.29, 1.82) is 0 Å².